The van der Waals surface area contributed by atoms with Crippen LogP contribution in [-0.4, -0.2) is 19.2 Å². The predicted octanol–water partition coefficient (Wildman–Crippen LogP) is 4.00. The summed E-state index contributed by atoms with van der Waals surface area (Å²) in [6.07, 6.45) is 1.74. The topological polar surface area (TPSA) is 50.4 Å². The molecule has 2 aromatic rings. The van der Waals surface area contributed by atoms with Crippen molar-refractivity contribution in [2.45, 2.75) is 19.4 Å². The highest BCUT2D eigenvalue weighted by molar-refractivity contribution is 6.30. The van der Waals surface area contributed by atoms with Gasteiger partial charge in [-0.1, -0.05) is 41.9 Å². The van der Waals surface area contributed by atoms with Gasteiger partial charge >= 0.3 is 6.03 Å². The molecule has 5 heteroatoms. The first-order valence-electron chi connectivity index (χ1n) is 7.68. The molecule has 0 radical (unpaired) electrons. The largest absolute Gasteiger partial charge is 0.494 e. The smallest absolute Gasteiger partial charge is 0.315 e. The van der Waals surface area contributed by atoms with Gasteiger partial charge in [-0.15, -0.1) is 0 Å². The molecule has 0 aliphatic heterocycles. The second-order valence-corrected chi connectivity index (χ2v) is 5.54. The number of rotatable bonds is 8. The lowest BCUT2D eigenvalue weighted by atomic mass is 10.2. The van der Waals surface area contributed by atoms with Gasteiger partial charge in [-0.2, -0.15) is 0 Å². The summed E-state index contributed by atoms with van der Waals surface area (Å²) in [5, 5.41) is 6.36. The molecule has 23 heavy (non-hydrogen) atoms. The SMILES string of the molecule is O=C(NCCCCOc1ccc(Cl)cc1)NCc1ccccc1. The fourth-order valence-electron chi connectivity index (χ4n) is 1.99. The Labute approximate surface area is 141 Å². The molecule has 0 saturated heterocycles. The second kappa shape index (κ2) is 9.74. The Bertz CT molecular complexity index is 588. The van der Waals surface area contributed by atoms with Gasteiger partial charge in [-0.3, -0.25) is 0 Å². The van der Waals surface area contributed by atoms with Gasteiger partial charge in [0.2, 0.25) is 0 Å². The lowest BCUT2D eigenvalue weighted by Crippen LogP contribution is -2.35. The molecule has 0 fully saturated rings. The number of ether oxygens (including phenoxy) is 1. The zero-order chi connectivity index (χ0) is 16.3. The van der Waals surface area contributed by atoms with Crippen molar-refractivity contribution in [1.29, 1.82) is 0 Å². The molecule has 122 valence electrons. The lowest BCUT2D eigenvalue weighted by molar-refractivity contribution is 0.239. The van der Waals surface area contributed by atoms with Crippen LogP contribution < -0.4 is 15.4 Å². The zero-order valence-electron chi connectivity index (χ0n) is 12.9. The van der Waals surface area contributed by atoms with Crippen LogP contribution in [0.2, 0.25) is 5.02 Å². The zero-order valence-corrected chi connectivity index (χ0v) is 13.7. The third kappa shape index (κ3) is 7.06. The minimum atomic E-state index is -0.146. The van der Waals surface area contributed by atoms with E-state index in [9.17, 15) is 4.79 Å². The maximum Gasteiger partial charge on any atom is 0.315 e. The monoisotopic (exact) mass is 332 g/mol. The van der Waals surface area contributed by atoms with Crippen LogP contribution in [0.4, 0.5) is 4.79 Å². The summed E-state index contributed by atoms with van der Waals surface area (Å²) in [5.74, 6) is 0.808. The van der Waals surface area contributed by atoms with Gasteiger partial charge in [0.1, 0.15) is 5.75 Å². The van der Waals surface area contributed by atoms with Crippen LogP contribution >= 0.6 is 11.6 Å². The van der Waals surface area contributed by atoms with E-state index in [2.05, 4.69) is 10.6 Å². The minimum Gasteiger partial charge on any atom is -0.494 e. The van der Waals surface area contributed by atoms with Gasteiger partial charge < -0.3 is 15.4 Å². The standard InChI is InChI=1S/C18H21ClN2O2/c19-16-8-10-17(11-9-16)23-13-5-4-12-20-18(22)21-14-15-6-2-1-3-7-15/h1-3,6-11H,4-5,12-14H2,(H2,20,21,22). The maximum atomic E-state index is 11.6. The molecule has 2 rings (SSSR count). The fraction of sp³-hybridized carbons (Fsp3) is 0.278. The molecule has 2 aromatic carbocycles. The van der Waals surface area contributed by atoms with Gasteiger partial charge in [0.15, 0.2) is 0 Å². The average Bonchev–Trinajstić information content (AvgIpc) is 2.58. The van der Waals surface area contributed by atoms with Crippen LogP contribution in [0.3, 0.4) is 0 Å². The van der Waals surface area contributed by atoms with Crippen LogP contribution in [0.15, 0.2) is 54.6 Å². The van der Waals surface area contributed by atoms with E-state index in [-0.39, 0.29) is 6.03 Å². The number of carbonyl (C=O) groups excluding carboxylic acids is 1. The van der Waals surface area contributed by atoms with Crippen molar-refractivity contribution in [3.8, 4) is 5.75 Å². The Kier molecular flexibility index (Phi) is 7.27. The number of carbonyl (C=O) groups is 1. The van der Waals surface area contributed by atoms with Crippen molar-refractivity contribution in [1.82, 2.24) is 10.6 Å². The Morgan fingerprint density at radius 2 is 1.70 bits per heavy atom. The Morgan fingerprint density at radius 1 is 0.957 bits per heavy atom. The van der Waals surface area contributed by atoms with E-state index in [1.165, 1.54) is 0 Å². The van der Waals surface area contributed by atoms with Crippen molar-refractivity contribution in [3.63, 3.8) is 0 Å². The highest BCUT2D eigenvalue weighted by Gasteiger charge is 1.99. The van der Waals surface area contributed by atoms with Crippen molar-refractivity contribution in [2.24, 2.45) is 0 Å². The van der Waals surface area contributed by atoms with Crippen molar-refractivity contribution in [2.75, 3.05) is 13.2 Å². The lowest BCUT2D eigenvalue weighted by Gasteiger charge is -2.08. The second-order valence-electron chi connectivity index (χ2n) is 5.10. The summed E-state index contributed by atoms with van der Waals surface area (Å²) in [6.45, 7) is 1.78. The maximum absolute atomic E-state index is 11.6. The molecule has 0 heterocycles. The van der Waals surface area contributed by atoms with Crippen LogP contribution in [0.5, 0.6) is 5.75 Å². The minimum absolute atomic E-state index is 0.146. The Balaban J connectivity index is 1.50. The number of unbranched alkanes of at least 4 members (excludes halogenated alkanes) is 1. The number of halogens is 1. The number of hydrogen-bond donors (Lipinski definition) is 2. The van der Waals surface area contributed by atoms with Crippen molar-refractivity contribution in [3.05, 3.63) is 65.2 Å². The molecule has 2 N–H and O–H groups in total. The number of hydrogen-bond acceptors (Lipinski definition) is 2. The molecule has 0 atom stereocenters. The molecular formula is C18H21ClN2O2. The van der Waals surface area contributed by atoms with Gasteiger partial charge in [-0.25, -0.2) is 4.79 Å². The van der Waals surface area contributed by atoms with E-state index in [0.717, 1.165) is 24.2 Å². The summed E-state index contributed by atoms with van der Waals surface area (Å²) in [5.41, 5.74) is 1.08. The summed E-state index contributed by atoms with van der Waals surface area (Å²) in [4.78, 5) is 11.6. The number of urea groups is 1. The molecule has 0 saturated carbocycles. The molecular weight excluding hydrogens is 312 g/mol. The Hall–Kier alpha value is -2.20. The Morgan fingerprint density at radius 3 is 2.43 bits per heavy atom. The molecule has 0 aromatic heterocycles. The highest BCUT2D eigenvalue weighted by atomic mass is 35.5. The summed E-state index contributed by atoms with van der Waals surface area (Å²) in [7, 11) is 0. The molecule has 2 amide bonds. The summed E-state index contributed by atoms with van der Waals surface area (Å²) >= 11 is 5.81. The first-order chi connectivity index (χ1) is 11.2. The molecule has 0 unspecified atom stereocenters. The van der Waals surface area contributed by atoms with Crippen LogP contribution in [0.25, 0.3) is 0 Å². The van der Waals surface area contributed by atoms with E-state index in [0.29, 0.717) is 24.7 Å². The normalized spacial score (nSPS) is 10.1. The third-order valence-electron chi connectivity index (χ3n) is 3.23. The van der Waals surface area contributed by atoms with Gasteiger partial charge in [0, 0.05) is 18.1 Å². The number of amides is 2. The van der Waals surface area contributed by atoms with E-state index in [4.69, 9.17) is 16.3 Å². The molecule has 0 spiro atoms. The number of benzene rings is 2. The van der Waals surface area contributed by atoms with Crippen molar-refractivity contribution < 1.29 is 9.53 Å². The quantitative estimate of drug-likeness (QED) is 0.718. The highest BCUT2D eigenvalue weighted by Crippen LogP contribution is 2.15. The van der Waals surface area contributed by atoms with E-state index in [1.807, 2.05) is 42.5 Å². The van der Waals surface area contributed by atoms with E-state index in [1.54, 1.807) is 12.1 Å². The first-order valence-corrected chi connectivity index (χ1v) is 8.06. The molecule has 0 aliphatic carbocycles. The van der Waals surface area contributed by atoms with E-state index >= 15 is 0 Å². The molecule has 0 aliphatic rings. The molecule has 4 nitrogen and oxygen atoms in total. The molecule has 0 bridgehead atoms. The van der Waals surface area contributed by atoms with Gasteiger partial charge in [0.05, 0.1) is 6.61 Å². The summed E-state index contributed by atoms with van der Waals surface area (Å²) in [6, 6.07) is 17.0. The van der Waals surface area contributed by atoms with Crippen LogP contribution in [-0.2, 0) is 6.54 Å². The van der Waals surface area contributed by atoms with Gasteiger partial charge in [-0.05, 0) is 42.7 Å². The predicted molar refractivity (Wildman–Crippen MR) is 92.9 cm³/mol. The van der Waals surface area contributed by atoms with Crippen molar-refractivity contribution >= 4 is 17.6 Å². The summed E-state index contributed by atoms with van der Waals surface area (Å²) < 4.78 is 5.59. The average molecular weight is 333 g/mol. The number of nitrogens with one attached hydrogen (secondary N) is 2. The van der Waals surface area contributed by atoms with E-state index < -0.39 is 0 Å². The third-order valence-corrected chi connectivity index (χ3v) is 3.49. The van der Waals surface area contributed by atoms with Crippen LogP contribution in [0, 0.1) is 0 Å². The van der Waals surface area contributed by atoms with Crippen LogP contribution in [0.1, 0.15) is 18.4 Å². The fourth-order valence-corrected chi connectivity index (χ4v) is 2.12. The first kappa shape index (κ1) is 17.2. The van der Waals surface area contributed by atoms with Gasteiger partial charge in [0.25, 0.3) is 0 Å².